The van der Waals surface area contributed by atoms with Crippen LogP contribution in [-0.2, 0) is 9.59 Å². The molecule has 214 valence electrons. The van der Waals surface area contributed by atoms with E-state index >= 15 is 0 Å². The quantitative estimate of drug-likeness (QED) is 0.128. The van der Waals surface area contributed by atoms with Crippen molar-refractivity contribution in [1.82, 2.24) is 5.32 Å². The van der Waals surface area contributed by atoms with Crippen molar-refractivity contribution < 1.29 is 14.4 Å². The summed E-state index contributed by atoms with van der Waals surface area (Å²) >= 11 is 7.42. The van der Waals surface area contributed by atoms with Crippen LogP contribution >= 0.6 is 23.4 Å². The summed E-state index contributed by atoms with van der Waals surface area (Å²) in [6, 6.07) is 29.1. The van der Waals surface area contributed by atoms with Gasteiger partial charge in [0.25, 0.3) is 11.8 Å². The minimum absolute atomic E-state index is 0.118. The summed E-state index contributed by atoms with van der Waals surface area (Å²) in [5.74, 6) is -0.386. The Kier molecular flexibility index (Phi) is 10.6. The molecule has 4 aromatic carbocycles. The number of benzene rings is 4. The summed E-state index contributed by atoms with van der Waals surface area (Å²) in [6.07, 6.45) is 1.66. The zero-order valence-electron chi connectivity index (χ0n) is 23.6. The molecule has 4 aromatic rings. The van der Waals surface area contributed by atoms with Crippen LogP contribution in [0.3, 0.4) is 0 Å². The molecule has 0 heterocycles. The Bertz CT molecular complexity index is 1590. The second kappa shape index (κ2) is 14.5. The van der Waals surface area contributed by atoms with E-state index in [2.05, 4.69) is 29.8 Å². The predicted octanol–water partition coefficient (Wildman–Crippen LogP) is 7.91. The number of rotatable bonds is 10. The molecule has 4 rings (SSSR count). The van der Waals surface area contributed by atoms with E-state index < -0.39 is 5.91 Å². The Hall–Kier alpha value is -4.33. The molecule has 0 aliphatic rings. The van der Waals surface area contributed by atoms with E-state index in [9.17, 15) is 14.4 Å². The molecular weight excluding hydrogens is 566 g/mol. The van der Waals surface area contributed by atoms with Gasteiger partial charge in [0.05, 0.1) is 5.75 Å². The number of carbonyl (C=O) groups excluding carboxylic acids is 3. The lowest BCUT2D eigenvalue weighted by molar-refractivity contribution is -0.114. The van der Waals surface area contributed by atoms with Gasteiger partial charge in [-0.3, -0.25) is 14.4 Å². The first kappa shape index (κ1) is 30.6. The molecule has 0 spiro atoms. The van der Waals surface area contributed by atoms with Gasteiger partial charge in [-0.05, 0) is 84.1 Å². The topological polar surface area (TPSA) is 87.3 Å². The number of hydrogen-bond acceptors (Lipinski definition) is 4. The van der Waals surface area contributed by atoms with E-state index in [0.717, 1.165) is 16.0 Å². The molecule has 0 unspecified atom stereocenters. The third-order valence-corrected chi connectivity index (χ3v) is 7.65. The van der Waals surface area contributed by atoms with Crippen molar-refractivity contribution >= 4 is 58.5 Å². The van der Waals surface area contributed by atoms with Gasteiger partial charge in [-0.2, -0.15) is 0 Å². The van der Waals surface area contributed by atoms with Gasteiger partial charge in [-0.15, -0.1) is 11.8 Å². The number of anilines is 2. The first-order valence-electron chi connectivity index (χ1n) is 13.5. The van der Waals surface area contributed by atoms with Crippen LogP contribution in [0.15, 0.2) is 108 Å². The summed E-state index contributed by atoms with van der Waals surface area (Å²) in [5, 5.41) is 9.07. The maximum absolute atomic E-state index is 13.3. The van der Waals surface area contributed by atoms with Crippen LogP contribution in [0.25, 0.3) is 6.08 Å². The van der Waals surface area contributed by atoms with Gasteiger partial charge in [0.2, 0.25) is 5.91 Å². The molecule has 0 radical (unpaired) electrons. The number of hydrogen-bond donors (Lipinski definition) is 3. The highest BCUT2D eigenvalue weighted by Gasteiger charge is 2.15. The summed E-state index contributed by atoms with van der Waals surface area (Å²) in [4.78, 5) is 39.5. The molecule has 0 fully saturated rings. The lowest BCUT2D eigenvalue weighted by Crippen LogP contribution is -2.30. The van der Waals surface area contributed by atoms with Crippen LogP contribution in [0.1, 0.15) is 46.8 Å². The average molecular weight is 598 g/mol. The van der Waals surface area contributed by atoms with Crippen molar-refractivity contribution in [3.05, 3.63) is 130 Å². The van der Waals surface area contributed by atoms with E-state index in [-0.39, 0.29) is 23.3 Å². The first-order valence-corrected chi connectivity index (χ1v) is 14.8. The second-order valence-corrected chi connectivity index (χ2v) is 11.5. The highest BCUT2D eigenvalue weighted by molar-refractivity contribution is 8.00. The van der Waals surface area contributed by atoms with Crippen molar-refractivity contribution in [2.24, 2.45) is 0 Å². The molecular formula is C34H32ClN3O3S. The van der Waals surface area contributed by atoms with Crippen LogP contribution in [0.4, 0.5) is 11.4 Å². The molecule has 6 nitrogen and oxygen atoms in total. The summed E-state index contributed by atoms with van der Waals surface area (Å²) in [5.41, 5.74) is 4.70. The van der Waals surface area contributed by atoms with Gasteiger partial charge in [-0.1, -0.05) is 74.0 Å². The fourth-order valence-electron chi connectivity index (χ4n) is 3.98. The maximum atomic E-state index is 13.3. The molecule has 42 heavy (non-hydrogen) atoms. The van der Waals surface area contributed by atoms with Gasteiger partial charge in [0.1, 0.15) is 5.70 Å². The Morgan fingerprint density at radius 3 is 2.21 bits per heavy atom. The van der Waals surface area contributed by atoms with Gasteiger partial charge in [0.15, 0.2) is 0 Å². The lowest BCUT2D eigenvalue weighted by atomic mass is 10.0. The van der Waals surface area contributed by atoms with Gasteiger partial charge < -0.3 is 16.0 Å². The van der Waals surface area contributed by atoms with Crippen LogP contribution in [0, 0.1) is 6.92 Å². The molecule has 0 saturated carbocycles. The van der Waals surface area contributed by atoms with Crippen molar-refractivity contribution in [2.75, 3.05) is 16.4 Å². The lowest BCUT2D eigenvalue weighted by Gasteiger charge is -2.12. The molecule has 8 heteroatoms. The third-order valence-electron chi connectivity index (χ3n) is 6.40. The van der Waals surface area contributed by atoms with Gasteiger partial charge >= 0.3 is 0 Å². The fraction of sp³-hybridized carbons (Fsp3) is 0.147. The third kappa shape index (κ3) is 8.83. The Balaban J connectivity index is 1.42. The van der Waals surface area contributed by atoms with Crippen molar-refractivity contribution in [3.63, 3.8) is 0 Å². The van der Waals surface area contributed by atoms with Crippen LogP contribution < -0.4 is 16.0 Å². The normalized spacial score (nSPS) is 11.2. The Labute approximate surface area is 255 Å². The number of aryl methyl sites for hydroxylation is 1. The second-order valence-electron chi connectivity index (χ2n) is 9.97. The summed E-state index contributed by atoms with van der Waals surface area (Å²) in [6.45, 7) is 6.14. The average Bonchev–Trinajstić information content (AvgIpc) is 2.99. The molecule has 0 bridgehead atoms. The minimum atomic E-state index is -0.455. The van der Waals surface area contributed by atoms with Crippen LogP contribution in [0.5, 0.6) is 0 Å². The summed E-state index contributed by atoms with van der Waals surface area (Å²) in [7, 11) is 0. The monoisotopic (exact) mass is 597 g/mol. The zero-order valence-corrected chi connectivity index (χ0v) is 25.2. The zero-order chi connectivity index (χ0) is 30.1. The number of thioether (sulfide) groups is 1. The van der Waals surface area contributed by atoms with Gasteiger partial charge in [0, 0.05) is 26.9 Å². The van der Waals surface area contributed by atoms with Crippen molar-refractivity contribution in [2.45, 2.75) is 31.6 Å². The van der Waals surface area contributed by atoms with Crippen molar-refractivity contribution in [1.29, 1.82) is 0 Å². The molecule has 0 aliphatic carbocycles. The summed E-state index contributed by atoms with van der Waals surface area (Å²) < 4.78 is 0. The van der Waals surface area contributed by atoms with Crippen LogP contribution in [0.2, 0.25) is 5.02 Å². The fourth-order valence-corrected chi connectivity index (χ4v) is 4.85. The largest absolute Gasteiger partial charge is 0.325 e. The van der Waals surface area contributed by atoms with E-state index in [1.54, 1.807) is 54.6 Å². The Morgan fingerprint density at radius 2 is 1.55 bits per heavy atom. The molecule has 0 atom stereocenters. The molecule has 0 aromatic heterocycles. The molecule has 0 saturated heterocycles. The standard InChI is InChI=1S/C34H32ClN3O3S/c1-22(2)25-12-10-24(11-13-25)19-31(38-33(40)26-7-5-4-6-8-26)34(41)36-28-15-17-29(18-16-28)42-21-32(39)37-30-20-27(35)14-9-23(30)3/h4-20,22H,21H2,1-3H3,(H,36,41)(H,37,39)(H,38,40)/b31-19-. The minimum Gasteiger partial charge on any atom is -0.325 e. The number of halogens is 1. The van der Waals surface area contributed by atoms with E-state index in [1.807, 2.05) is 55.5 Å². The first-order chi connectivity index (χ1) is 20.2. The number of nitrogens with one attached hydrogen (secondary N) is 3. The van der Waals surface area contributed by atoms with Gasteiger partial charge in [-0.25, -0.2) is 0 Å². The van der Waals surface area contributed by atoms with E-state index in [0.29, 0.717) is 27.9 Å². The highest BCUT2D eigenvalue weighted by Crippen LogP contribution is 2.24. The molecule has 3 N–H and O–H groups in total. The highest BCUT2D eigenvalue weighted by atomic mass is 35.5. The predicted molar refractivity (Wildman–Crippen MR) is 173 cm³/mol. The smallest absolute Gasteiger partial charge is 0.272 e. The number of carbonyl (C=O) groups is 3. The molecule has 0 aliphatic heterocycles. The molecule has 3 amide bonds. The Morgan fingerprint density at radius 1 is 0.857 bits per heavy atom. The maximum Gasteiger partial charge on any atom is 0.272 e. The van der Waals surface area contributed by atoms with E-state index in [4.69, 9.17) is 11.6 Å². The SMILES string of the molecule is Cc1ccc(Cl)cc1NC(=O)CSc1ccc(NC(=O)/C(=C/c2ccc(C(C)C)cc2)NC(=O)c2ccccc2)cc1. The van der Waals surface area contributed by atoms with E-state index in [1.165, 1.54) is 17.3 Å². The van der Waals surface area contributed by atoms with Crippen molar-refractivity contribution in [3.8, 4) is 0 Å². The number of amides is 3. The van der Waals surface area contributed by atoms with Crippen LogP contribution in [-0.4, -0.2) is 23.5 Å².